The maximum atomic E-state index is 11.6. The minimum absolute atomic E-state index is 0.181. The van der Waals surface area contributed by atoms with Gasteiger partial charge in [-0.05, 0) is 25.8 Å². The third kappa shape index (κ3) is 3.69. The first-order chi connectivity index (χ1) is 7.65. The number of carbonyl (C=O) groups is 2. The van der Waals surface area contributed by atoms with Crippen molar-refractivity contribution in [3.05, 3.63) is 0 Å². The van der Waals surface area contributed by atoms with Crippen molar-refractivity contribution in [2.75, 3.05) is 26.2 Å². The molecule has 0 aromatic heterocycles. The number of amides is 2. The highest BCUT2D eigenvalue weighted by Crippen LogP contribution is 2.16. The minimum atomic E-state index is -0.820. The van der Waals surface area contributed by atoms with Gasteiger partial charge >= 0.3 is 12.0 Å². The van der Waals surface area contributed by atoms with E-state index in [-0.39, 0.29) is 6.03 Å². The van der Waals surface area contributed by atoms with Gasteiger partial charge in [0.05, 0.1) is 5.92 Å². The van der Waals surface area contributed by atoms with Crippen molar-refractivity contribution in [3.63, 3.8) is 0 Å². The van der Waals surface area contributed by atoms with E-state index in [0.29, 0.717) is 32.6 Å². The number of piperidine rings is 1. The zero-order chi connectivity index (χ0) is 12.0. The molecule has 0 aromatic carbocycles. The Morgan fingerprint density at radius 2 is 2.25 bits per heavy atom. The first-order valence-electron chi connectivity index (χ1n) is 5.60. The number of rotatable bonds is 4. The van der Waals surface area contributed by atoms with E-state index in [0.717, 1.165) is 12.8 Å². The lowest BCUT2D eigenvalue weighted by Gasteiger charge is -2.30. The van der Waals surface area contributed by atoms with E-state index in [2.05, 4.69) is 5.32 Å². The Morgan fingerprint density at radius 3 is 2.88 bits per heavy atom. The van der Waals surface area contributed by atoms with Crippen LogP contribution in [0.25, 0.3) is 0 Å². The predicted octanol–water partition coefficient (Wildman–Crippen LogP) is -0.159. The maximum Gasteiger partial charge on any atom is 0.317 e. The second-order valence-electron chi connectivity index (χ2n) is 4.00. The first-order valence-corrected chi connectivity index (χ1v) is 5.60. The van der Waals surface area contributed by atoms with Crippen molar-refractivity contribution >= 4 is 12.0 Å². The minimum Gasteiger partial charge on any atom is -0.481 e. The molecule has 0 unspecified atom stereocenters. The van der Waals surface area contributed by atoms with Crippen molar-refractivity contribution in [1.29, 1.82) is 0 Å². The topological polar surface area (TPSA) is 95.7 Å². The van der Waals surface area contributed by atoms with E-state index < -0.39 is 11.9 Å². The number of likely N-dealkylation sites (tertiary alicyclic amines) is 1. The molecule has 16 heavy (non-hydrogen) atoms. The number of nitrogens with zero attached hydrogens (tertiary/aromatic N) is 1. The highest BCUT2D eigenvalue weighted by molar-refractivity contribution is 5.76. The van der Waals surface area contributed by atoms with E-state index >= 15 is 0 Å². The highest BCUT2D eigenvalue weighted by atomic mass is 16.4. The molecule has 1 fully saturated rings. The van der Waals surface area contributed by atoms with Crippen LogP contribution in [0.4, 0.5) is 4.79 Å². The Morgan fingerprint density at radius 1 is 1.50 bits per heavy atom. The average molecular weight is 229 g/mol. The molecule has 0 spiro atoms. The third-order valence-electron chi connectivity index (χ3n) is 2.71. The van der Waals surface area contributed by atoms with Gasteiger partial charge in [0, 0.05) is 19.6 Å². The zero-order valence-electron chi connectivity index (χ0n) is 9.32. The van der Waals surface area contributed by atoms with Crippen LogP contribution in [0.3, 0.4) is 0 Å². The third-order valence-corrected chi connectivity index (χ3v) is 2.71. The molecule has 1 aliphatic rings. The van der Waals surface area contributed by atoms with Crippen LogP contribution < -0.4 is 11.1 Å². The SMILES string of the molecule is NCCCNC(=O)N1CCC[C@@H](C(=O)O)C1. The van der Waals surface area contributed by atoms with Crippen molar-refractivity contribution in [2.45, 2.75) is 19.3 Å². The highest BCUT2D eigenvalue weighted by Gasteiger charge is 2.27. The van der Waals surface area contributed by atoms with E-state index in [1.54, 1.807) is 4.90 Å². The van der Waals surface area contributed by atoms with Gasteiger partial charge in [0.15, 0.2) is 0 Å². The molecule has 1 saturated heterocycles. The molecule has 0 saturated carbocycles. The summed E-state index contributed by atoms with van der Waals surface area (Å²) < 4.78 is 0. The molecule has 0 aliphatic carbocycles. The van der Waals surface area contributed by atoms with Crippen LogP contribution in [0.5, 0.6) is 0 Å². The molecule has 6 nitrogen and oxygen atoms in total. The summed E-state index contributed by atoms with van der Waals surface area (Å²) in [6, 6.07) is -0.181. The van der Waals surface area contributed by atoms with Crippen LogP contribution in [-0.4, -0.2) is 48.2 Å². The smallest absolute Gasteiger partial charge is 0.317 e. The number of carboxylic acid groups (broad SMARTS) is 1. The molecule has 0 radical (unpaired) electrons. The second-order valence-corrected chi connectivity index (χ2v) is 4.00. The Labute approximate surface area is 94.8 Å². The molecule has 1 atom stereocenters. The fourth-order valence-electron chi connectivity index (χ4n) is 1.77. The van der Waals surface area contributed by atoms with Gasteiger partial charge in [0.2, 0.25) is 0 Å². The summed E-state index contributed by atoms with van der Waals surface area (Å²) in [5.74, 6) is -1.24. The van der Waals surface area contributed by atoms with Gasteiger partial charge in [-0.15, -0.1) is 0 Å². The average Bonchev–Trinajstić information content (AvgIpc) is 2.29. The van der Waals surface area contributed by atoms with Crippen molar-refractivity contribution in [2.24, 2.45) is 11.7 Å². The number of nitrogens with one attached hydrogen (secondary N) is 1. The van der Waals surface area contributed by atoms with Crippen molar-refractivity contribution in [1.82, 2.24) is 10.2 Å². The predicted molar refractivity (Wildman–Crippen MR) is 59.0 cm³/mol. The molecule has 1 aliphatic heterocycles. The normalized spacial score (nSPS) is 20.6. The van der Waals surface area contributed by atoms with E-state index in [4.69, 9.17) is 10.8 Å². The summed E-state index contributed by atoms with van der Waals surface area (Å²) in [5, 5.41) is 11.6. The maximum absolute atomic E-state index is 11.6. The van der Waals surface area contributed by atoms with Crippen LogP contribution in [0.2, 0.25) is 0 Å². The lowest BCUT2D eigenvalue weighted by molar-refractivity contribution is -0.143. The monoisotopic (exact) mass is 229 g/mol. The van der Waals surface area contributed by atoms with Gasteiger partial charge < -0.3 is 21.1 Å². The van der Waals surface area contributed by atoms with Crippen LogP contribution in [0.1, 0.15) is 19.3 Å². The molecular formula is C10H19N3O3. The van der Waals surface area contributed by atoms with Crippen molar-refractivity contribution < 1.29 is 14.7 Å². The molecule has 1 heterocycles. The lowest BCUT2D eigenvalue weighted by atomic mass is 9.99. The number of urea groups is 1. The summed E-state index contributed by atoms with van der Waals surface area (Å²) in [4.78, 5) is 24.0. The quantitative estimate of drug-likeness (QED) is 0.584. The van der Waals surface area contributed by atoms with Gasteiger partial charge in [-0.2, -0.15) is 0 Å². The summed E-state index contributed by atoms with van der Waals surface area (Å²) in [5.41, 5.74) is 5.31. The van der Waals surface area contributed by atoms with E-state index in [1.807, 2.05) is 0 Å². The number of carboxylic acids is 1. The van der Waals surface area contributed by atoms with E-state index in [1.165, 1.54) is 0 Å². The summed E-state index contributed by atoms with van der Waals surface area (Å²) in [6.07, 6.45) is 2.14. The zero-order valence-corrected chi connectivity index (χ0v) is 9.32. The van der Waals surface area contributed by atoms with E-state index in [9.17, 15) is 9.59 Å². The second kappa shape index (κ2) is 6.32. The molecule has 6 heteroatoms. The summed E-state index contributed by atoms with van der Waals surface area (Å²) >= 11 is 0. The van der Waals surface area contributed by atoms with Gasteiger partial charge in [0.25, 0.3) is 0 Å². The number of carbonyl (C=O) groups excluding carboxylic acids is 1. The fraction of sp³-hybridized carbons (Fsp3) is 0.800. The molecule has 0 aromatic rings. The van der Waals surface area contributed by atoms with Crippen LogP contribution >= 0.6 is 0 Å². The Bertz CT molecular complexity index is 258. The largest absolute Gasteiger partial charge is 0.481 e. The summed E-state index contributed by atoms with van der Waals surface area (Å²) in [7, 11) is 0. The standard InChI is InChI=1S/C10H19N3O3/c11-4-2-5-12-10(16)13-6-1-3-8(7-13)9(14)15/h8H,1-7,11H2,(H,12,16)(H,14,15)/t8-/m1/s1. The van der Waals surface area contributed by atoms with Crippen LogP contribution in [-0.2, 0) is 4.79 Å². The van der Waals surface area contributed by atoms with Crippen molar-refractivity contribution in [3.8, 4) is 0 Å². The molecule has 4 N–H and O–H groups in total. The number of hydrogen-bond donors (Lipinski definition) is 3. The summed E-state index contributed by atoms with van der Waals surface area (Å²) in [6.45, 7) is 2.03. The fourth-order valence-corrected chi connectivity index (χ4v) is 1.77. The Balaban J connectivity index is 2.35. The van der Waals surface area contributed by atoms with Gasteiger partial charge in [-0.3, -0.25) is 4.79 Å². The molecule has 1 rings (SSSR count). The number of hydrogen-bond acceptors (Lipinski definition) is 3. The Hall–Kier alpha value is -1.30. The lowest BCUT2D eigenvalue weighted by Crippen LogP contribution is -2.47. The first kappa shape index (κ1) is 12.8. The van der Waals surface area contributed by atoms with Crippen LogP contribution in [0, 0.1) is 5.92 Å². The molecular weight excluding hydrogens is 210 g/mol. The number of aliphatic carboxylic acids is 1. The number of nitrogens with two attached hydrogens (primary N) is 1. The van der Waals surface area contributed by atoms with Gasteiger partial charge in [0.1, 0.15) is 0 Å². The molecule has 92 valence electrons. The van der Waals surface area contributed by atoms with Gasteiger partial charge in [-0.1, -0.05) is 0 Å². The Kier molecular flexibility index (Phi) is 5.04. The molecule has 0 bridgehead atoms. The van der Waals surface area contributed by atoms with Crippen LogP contribution in [0.15, 0.2) is 0 Å². The van der Waals surface area contributed by atoms with Gasteiger partial charge in [-0.25, -0.2) is 4.79 Å². The molecule has 2 amide bonds.